The van der Waals surface area contributed by atoms with E-state index in [0.29, 0.717) is 36.6 Å². The van der Waals surface area contributed by atoms with E-state index in [9.17, 15) is 14.4 Å². The van der Waals surface area contributed by atoms with Crippen LogP contribution in [-0.4, -0.2) is 35.7 Å². The van der Waals surface area contributed by atoms with Crippen molar-refractivity contribution in [2.24, 2.45) is 5.92 Å². The molecule has 3 amide bonds. The van der Waals surface area contributed by atoms with Crippen molar-refractivity contribution in [3.8, 4) is 0 Å². The molecule has 1 aromatic carbocycles. The first kappa shape index (κ1) is 19.9. The highest BCUT2D eigenvalue weighted by atomic mass is 35.5. The molecule has 1 unspecified atom stereocenters. The second kappa shape index (κ2) is 8.93. The fourth-order valence-electron chi connectivity index (χ4n) is 3.05. The first-order chi connectivity index (χ1) is 13.5. The molecule has 0 bridgehead atoms. The van der Waals surface area contributed by atoms with Crippen molar-refractivity contribution in [3.63, 3.8) is 0 Å². The van der Waals surface area contributed by atoms with E-state index in [1.54, 1.807) is 35.4 Å². The minimum Gasteiger partial charge on any atom is -0.467 e. The maximum Gasteiger partial charge on any atom is 0.252 e. The van der Waals surface area contributed by atoms with Crippen LogP contribution in [0.3, 0.4) is 0 Å². The summed E-state index contributed by atoms with van der Waals surface area (Å²) in [6.07, 6.45) is 2.53. The van der Waals surface area contributed by atoms with Gasteiger partial charge in [-0.2, -0.15) is 0 Å². The number of rotatable bonds is 7. The number of benzene rings is 1. The smallest absolute Gasteiger partial charge is 0.252 e. The molecule has 0 aliphatic carbocycles. The third kappa shape index (κ3) is 4.72. The zero-order chi connectivity index (χ0) is 20.1. The molecule has 0 radical (unpaired) electrons. The number of carbonyl (C=O) groups is 3. The van der Waals surface area contributed by atoms with Gasteiger partial charge in [0.25, 0.3) is 5.91 Å². The summed E-state index contributed by atoms with van der Waals surface area (Å²) in [5.41, 5.74) is 0.841. The van der Waals surface area contributed by atoms with E-state index in [4.69, 9.17) is 16.0 Å². The van der Waals surface area contributed by atoms with Gasteiger partial charge in [0.15, 0.2) is 0 Å². The summed E-state index contributed by atoms with van der Waals surface area (Å²) in [5, 5.41) is 5.80. The molecular formula is C20H22ClN3O4. The molecule has 1 saturated heterocycles. The molecule has 28 heavy (non-hydrogen) atoms. The van der Waals surface area contributed by atoms with Crippen LogP contribution in [0.5, 0.6) is 0 Å². The summed E-state index contributed by atoms with van der Waals surface area (Å²) in [7, 11) is 0. The topological polar surface area (TPSA) is 91.7 Å². The predicted molar refractivity (Wildman–Crippen MR) is 105 cm³/mol. The maximum absolute atomic E-state index is 12.5. The Morgan fingerprint density at radius 3 is 2.82 bits per heavy atom. The largest absolute Gasteiger partial charge is 0.467 e. The molecule has 2 aromatic rings. The highest BCUT2D eigenvalue weighted by Crippen LogP contribution is 2.24. The molecule has 1 aliphatic heterocycles. The predicted octanol–water partition coefficient (Wildman–Crippen LogP) is 3.06. The molecule has 1 atom stereocenters. The molecule has 148 valence electrons. The molecule has 8 heteroatoms. The zero-order valence-electron chi connectivity index (χ0n) is 15.5. The summed E-state index contributed by atoms with van der Waals surface area (Å²) < 4.78 is 5.26. The van der Waals surface area contributed by atoms with Crippen LogP contribution in [-0.2, 0) is 16.1 Å². The number of halogens is 1. The number of furan rings is 1. The Balaban J connectivity index is 1.59. The highest BCUT2D eigenvalue weighted by molar-refractivity contribution is 6.34. The first-order valence-electron chi connectivity index (χ1n) is 9.16. The van der Waals surface area contributed by atoms with Gasteiger partial charge >= 0.3 is 0 Å². The number of nitrogens with one attached hydrogen (secondary N) is 2. The highest BCUT2D eigenvalue weighted by Gasteiger charge is 2.34. The number of carbonyl (C=O) groups excluding carboxylic acids is 3. The SMILES string of the molecule is CCCNC(=O)c1ccc(NC(=O)C2CC(=O)N(Cc3ccco3)C2)cc1Cl. The maximum atomic E-state index is 12.5. The van der Waals surface area contributed by atoms with Crippen LogP contribution in [0.15, 0.2) is 41.0 Å². The van der Waals surface area contributed by atoms with Gasteiger partial charge in [-0.05, 0) is 36.8 Å². The van der Waals surface area contributed by atoms with Crippen LogP contribution >= 0.6 is 11.6 Å². The molecular weight excluding hydrogens is 382 g/mol. The van der Waals surface area contributed by atoms with E-state index in [1.807, 2.05) is 6.92 Å². The number of anilines is 1. The Kier molecular flexibility index (Phi) is 6.36. The molecule has 1 aromatic heterocycles. The summed E-state index contributed by atoms with van der Waals surface area (Å²) in [6.45, 7) is 3.21. The number of likely N-dealkylation sites (tertiary alicyclic amines) is 1. The van der Waals surface area contributed by atoms with Crippen molar-refractivity contribution in [2.45, 2.75) is 26.3 Å². The van der Waals surface area contributed by atoms with Crippen LogP contribution in [0.25, 0.3) is 0 Å². The third-order valence-electron chi connectivity index (χ3n) is 4.53. The lowest BCUT2D eigenvalue weighted by molar-refractivity contribution is -0.128. The Morgan fingerprint density at radius 2 is 2.14 bits per heavy atom. The lowest BCUT2D eigenvalue weighted by Crippen LogP contribution is -2.28. The summed E-state index contributed by atoms with van der Waals surface area (Å²) in [5.74, 6) is -0.362. The van der Waals surface area contributed by atoms with Gasteiger partial charge in [-0.15, -0.1) is 0 Å². The van der Waals surface area contributed by atoms with Crippen molar-refractivity contribution in [2.75, 3.05) is 18.4 Å². The van der Waals surface area contributed by atoms with Crippen LogP contribution < -0.4 is 10.6 Å². The fourth-order valence-corrected chi connectivity index (χ4v) is 3.31. The quantitative estimate of drug-likeness (QED) is 0.743. The van der Waals surface area contributed by atoms with Crippen LogP contribution in [0.1, 0.15) is 35.9 Å². The summed E-state index contributed by atoms with van der Waals surface area (Å²) in [6, 6.07) is 8.29. The lowest BCUT2D eigenvalue weighted by atomic mass is 10.1. The second-order valence-electron chi connectivity index (χ2n) is 6.69. The van der Waals surface area contributed by atoms with Crippen molar-refractivity contribution in [1.82, 2.24) is 10.2 Å². The molecule has 3 rings (SSSR count). The normalized spacial score (nSPS) is 16.3. The molecule has 1 aliphatic rings. The van der Waals surface area contributed by atoms with Gasteiger partial charge in [0.2, 0.25) is 11.8 Å². The Labute approximate surface area is 168 Å². The van der Waals surface area contributed by atoms with E-state index in [2.05, 4.69) is 10.6 Å². The van der Waals surface area contributed by atoms with Gasteiger partial charge in [-0.3, -0.25) is 14.4 Å². The van der Waals surface area contributed by atoms with E-state index in [-0.39, 0.29) is 29.2 Å². The minimum absolute atomic E-state index is 0.0856. The van der Waals surface area contributed by atoms with Crippen LogP contribution in [0.2, 0.25) is 5.02 Å². The van der Waals surface area contributed by atoms with Crippen LogP contribution in [0.4, 0.5) is 5.69 Å². The number of nitrogens with zero attached hydrogens (tertiary/aromatic N) is 1. The Bertz CT molecular complexity index is 866. The number of amides is 3. The standard InChI is InChI=1S/C20H22ClN3O4/c1-2-7-22-20(27)16-6-5-14(10-17(16)21)23-19(26)13-9-18(25)24(11-13)12-15-4-3-8-28-15/h3-6,8,10,13H,2,7,9,11-12H2,1H3,(H,22,27)(H,23,26). The van der Waals surface area contributed by atoms with Gasteiger partial charge < -0.3 is 20.0 Å². The van der Waals surface area contributed by atoms with E-state index < -0.39 is 5.92 Å². The molecule has 1 fully saturated rings. The molecule has 2 heterocycles. The van der Waals surface area contributed by atoms with Gasteiger partial charge in [-0.25, -0.2) is 0 Å². The Hall–Kier alpha value is -2.80. The summed E-state index contributed by atoms with van der Waals surface area (Å²) >= 11 is 6.19. The average molecular weight is 404 g/mol. The van der Waals surface area contributed by atoms with E-state index in [1.165, 1.54) is 6.07 Å². The van der Waals surface area contributed by atoms with Gasteiger partial charge in [-0.1, -0.05) is 18.5 Å². The van der Waals surface area contributed by atoms with Crippen molar-refractivity contribution < 1.29 is 18.8 Å². The van der Waals surface area contributed by atoms with Gasteiger partial charge in [0, 0.05) is 25.2 Å². The number of hydrogen-bond acceptors (Lipinski definition) is 4. The van der Waals surface area contributed by atoms with Crippen molar-refractivity contribution >= 4 is 35.0 Å². The lowest BCUT2D eigenvalue weighted by Gasteiger charge is -2.15. The third-order valence-corrected chi connectivity index (χ3v) is 4.84. The zero-order valence-corrected chi connectivity index (χ0v) is 16.3. The number of hydrogen-bond donors (Lipinski definition) is 2. The molecule has 2 N–H and O–H groups in total. The van der Waals surface area contributed by atoms with Gasteiger partial charge in [0.1, 0.15) is 5.76 Å². The van der Waals surface area contributed by atoms with Crippen molar-refractivity contribution in [1.29, 1.82) is 0 Å². The van der Waals surface area contributed by atoms with E-state index in [0.717, 1.165) is 6.42 Å². The second-order valence-corrected chi connectivity index (χ2v) is 7.10. The monoisotopic (exact) mass is 403 g/mol. The molecule has 0 spiro atoms. The summed E-state index contributed by atoms with van der Waals surface area (Å²) in [4.78, 5) is 38.4. The van der Waals surface area contributed by atoms with Crippen molar-refractivity contribution in [3.05, 3.63) is 52.9 Å². The average Bonchev–Trinajstić information content (AvgIpc) is 3.30. The van der Waals surface area contributed by atoms with Gasteiger partial charge in [0.05, 0.1) is 29.3 Å². The first-order valence-corrected chi connectivity index (χ1v) is 9.54. The van der Waals surface area contributed by atoms with E-state index >= 15 is 0 Å². The fraction of sp³-hybridized carbons (Fsp3) is 0.350. The van der Waals surface area contributed by atoms with Crippen LogP contribution in [0, 0.1) is 5.92 Å². The minimum atomic E-state index is -0.450. The Morgan fingerprint density at radius 1 is 1.32 bits per heavy atom. The molecule has 7 nitrogen and oxygen atoms in total. The molecule has 0 saturated carbocycles.